The molecule has 7 nitrogen and oxygen atoms in total. The summed E-state index contributed by atoms with van der Waals surface area (Å²) in [6.07, 6.45) is 0.732. The number of esters is 2. The first-order valence-corrected chi connectivity index (χ1v) is 9.44. The Hall–Kier alpha value is -3.87. The molecule has 0 aliphatic rings. The van der Waals surface area contributed by atoms with Gasteiger partial charge in [-0.25, -0.2) is 9.59 Å². The van der Waals surface area contributed by atoms with Crippen LogP contribution in [0.15, 0.2) is 60.7 Å². The molecule has 7 heteroatoms. The number of phenolic OH excluding ortho intramolecular Hbond substituents is 1. The lowest BCUT2D eigenvalue weighted by molar-refractivity contribution is -0.119. The number of hydrogen-bond donors (Lipinski definition) is 2. The minimum Gasteiger partial charge on any atom is -0.507 e. The normalized spacial score (nSPS) is 10.4. The molecule has 3 aromatic rings. The van der Waals surface area contributed by atoms with Crippen LogP contribution in [-0.4, -0.2) is 36.2 Å². The first-order chi connectivity index (χ1) is 14.5. The third kappa shape index (κ3) is 5.14. The van der Waals surface area contributed by atoms with Crippen LogP contribution in [0.5, 0.6) is 5.75 Å². The molecule has 0 aliphatic carbocycles. The van der Waals surface area contributed by atoms with E-state index in [1.165, 1.54) is 24.3 Å². The Morgan fingerprint density at radius 3 is 2.23 bits per heavy atom. The van der Waals surface area contributed by atoms with Crippen LogP contribution >= 0.6 is 0 Å². The van der Waals surface area contributed by atoms with Crippen molar-refractivity contribution >= 4 is 34.3 Å². The number of ether oxygens (including phenoxy) is 2. The van der Waals surface area contributed by atoms with Crippen molar-refractivity contribution in [2.24, 2.45) is 0 Å². The zero-order valence-corrected chi connectivity index (χ0v) is 16.4. The number of fused-ring (bicyclic) bond motifs is 1. The number of carbonyl (C=O) groups is 3. The lowest BCUT2D eigenvalue weighted by Crippen LogP contribution is -2.21. The van der Waals surface area contributed by atoms with E-state index < -0.39 is 24.5 Å². The topological polar surface area (TPSA) is 102 Å². The van der Waals surface area contributed by atoms with Gasteiger partial charge in [0.2, 0.25) is 0 Å². The average molecular weight is 407 g/mol. The molecule has 0 radical (unpaired) electrons. The van der Waals surface area contributed by atoms with E-state index in [0.717, 1.165) is 17.2 Å². The number of benzene rings is 3. The molecule has 3 rings (SSSR count). The number of rotatable bonds is 7. The van der Waals surface area contributed by atoms with Gasteiger partial charge in [0.1, 0.15) is 11.3 Å². The van der Waals surface area contributed by atoms with Crippen LogP contribution in [0.4, 0.5) is 5.69 Å². The van der Waals surface area contributed by atoms with Gasteiger partial charge in [-0.2, -0.15) is 0 Å². The second-order valence-electron chi connectivity index (χ2n) is 6.55. The molecule has 0 saturated heterocycles. The summed E-state index contributed by atoms with van der Waals surface area (Å²) < 4.78 is 10.1. The first-order valence-electron chi connectivity index (χ1n) is 9.44. The Labute approximate surface area is 173 Å². The van der Waals surface area contributed by atoms with Crippen molar-refractivity contribution in [3.8, 4) is 5.75 Å². The Kier molecular flexibility index (Phi) is 6.64. The quantitative estimate of drug-likeness (QED) is 0.576. The maximum absolute atomic E-state index is 12.3. The molecular formula is C23H21NO6. The predicted octanol–water partition coefficient (Wildman–Crippen LogP) is 3.91. The summed E-state index contributed by atoms with van der Waals surface area (Å²) in [5.74, 6) is -2.00. The molecule has 0 unspecified atom stereocenters. The number of carbonyl (C=O) groups excluding carboxylic acids is 3. The van der Waals surface area contributed by atoms with Gasteiger partial charge in [0.05, 0.1) is 12.2 Å². The van der Waals surface area contributed by atoms with Crippen LogP contribution in [0.1, 0.15) is 34.1 Å². The van der Waals surface area contributed by atoms with Crippen molar-refractivity contribution in [1.29, 1.82) is 0 Å². The summed E-state index contributed by atoms with van der Waals surface area (Å²) in [6, 6.07) is 16.4. The molecule has 0 aromatic heterocycles. The van der Waals surface area contributed by atoms with Crippen molar-refractivity contribution in [3.63, 3.8) is 0 Å². The van der Waals surface area contributed by atoms with Crippen molar-refractivity contribution in [3.05, 3.63) is 71.8 Å². The molecule has 0 bridgehead atoms. The van der Waals surface area contributed by atoms with E-state index in [4.69, 9.17) is 9.47 Å². The Balaban J connectivity index is 1.56. The summed E-state index contributed by atoms with van der Waals surface area (Å²) in [6.45, 7) is 1.72. The highest BCUT2D eigenvalue weighted by Crippen LogP contribution is 2.25. The van der Waals surface area contributed by atoms with E-state index in [1.807, 2.05) is 25.1 Å². The average Bonchev–Trinajstić information content (AvgIpc) is 2.75. The van der Waals surface area contributed by atoms with Gasteiger partial charge in [-0.05, 0) is 53.6 Å². The van der Waals surface area contributed by atoms with Crippen molar-refractivity contribution in [2.75, 3.05) is 18.5 Å². The smallest absolute Gasteiger partial charge is 0.342 e. The molecule has 0 fully saturated rings. The third-order valence-electron chi connectivity index (χ3n) is 4.26. The summed E-state index contributed by atoms with van der Waals surface area (Å²) in [5, 5.41) is 14.2. The van der Waals surface area contributed by atoms with Crippen molar-refractivity contribution in [1.82, 2.24) is 0 Å². The number of aromatic hydroxyl groups is 1. The fourth-order valence-corrected chi connectivity index (χ4v) is 2.77. The second-order valence-corrected chi connectivity index (χ2v) is 6.55. The van der Waals surface area contributed by atoms with E-state index in [-0.39, 0.29) is 11.3 Å². The molecule has 3 aromatic carbocycles. The van der Waals surface area contributed by atoms with Gasteiger partial charge in [-0.3, -0.25) is 4.79 Å². The molecule has 0 spiro atoms. The van der Waals surface area contributed by atoms with Crippen LogP contribution in [0.2, 0.25) is 0 Å². The van der Waals surface area contributed by atoms with E-state index in [9.17, 15) is 19.5 Å². The monoisotopic (exact) mass is 407 g/mol. The summed E-state index contributed by atoms with van der Waals surface area (Å²) >= 11 is 0. The maximum atomic E-state index is 12.3. The highest BCUT2D eigenvalue weighted by molar-refractivity contribution is 6.00. The molecule has 1 amide bonds. The minimum absolute atomic E-state index is 0.0172. The molecule has 0 heterocycles. The number of phenols is 1. The van der Waals surface area contributed by atoms with Crippen LogP contribution in [-0.2, 0) is 14.3 Å². The molecular weight excluding hydrogens is 386 g/mol. The molecule has 30 heavy (non-hydrogen) atoms. The van der Waals surface area contributed by atoms with Crippen molar-refractivity contribution < 1.29 is 29.0 Å². The second kappa shape index (κ2) is 9.56. The molecule has 154 valence electrons. The van der Waals surface area contributed by atoms with E-state index in [0.29, 0.717) is 17.9 Å². The van der Waals surface area contributed by atoms with E-state index in [1.54, 1.807) is 18.2 Å². The maximum Gasteiger partial charge on any atom is 0.342 e. The lowest BCUT2D eigenvalue weighted by atomic mass is 10.1. The number of anilines is 1. The van der Waals surface area contributed by atoms with Gasteiger partial charge in [0, 0.05) is 5.69 Å². The summed E-state index contributed by atoms with van der Waals surface area (Å²) in [7, 11) is 0. The van der Waals surface area contributed by atoms with Crippen LogP contribution in [0.25, 0.3) is 10.8 Å². The first kappa shape index (κ1) is 20.9. The SMILES string of the molecule is CCCOC(=O)c1ccc(NC(=O)COC(=O)c2cc3ccccc3cc2O)cc1. The molecule has 2 N–H and O–H groups in total. The number of hydrogen-bond acceptors (Lipinski definition) is 6. The fraction of sp³-hybridized carbons (Fsp3) is 0.174. The molecule has 0 saturated carbocycles. The zero-order valence-electron chi connectivity index (χ0n) is 16.4. The number of amides is 1. The molecule has 0 aliphatic heterocycles. The van der Waals surface area contributed by atoms with Gasteiger partial charge in [0.15, 0.2) is 6.61 Å². The lowest BCUT2D eigenvalue weighted by Gasteiger charge is -2.09. The van der Waals surface area contributed by atoms with Crippen LogP contribution < -0.4 is 5.32 Å². The van der Waals surface area contributed by atoms with E-state index >= 15 is 0 Å². The molecule has 0 atom stereocenters. The summed E-state index contributed by atoms with van der Waals surface area (Å²) in [5.41, 5.74) is 0.799. The largest absolute Gasteiger partial charge is 0.507 e. The van der Waals surface area contributed by atoms with Gasteiger partial charge in [-0.1, -0.05) is 31.2 Å². The Bertz CT molecular complexity index is 1070. The van der Waals surface area contributed by atoms with E-state index in [2.05, 4.69) is 5.32 Å². The Morgan fingerprint density at radius 2 is 1.57 bits per heavy atom. The summed E-state index contributed by atoms with van der Waals surface area (Å²) in [4.78, 5) is 36.1. The van der Waals surface area contributed by atoms with Gasteiger partial charge >= 0.3 is 11.9 Å². The van der Waals surface area contributed by atoms with Crippen LogP contribution in [0, 0.1) is 0 Å². The third-order valence-corrected chi connectivity index (χ3v) is 4.26. The van der Waals surface area contributed by atoms with Gasteiger partial charge in [0.25, 0.3) is 5.91 Å². The van der Waals surface area contributed by atoms with Crippen LogP contribution in [0.3, 0.4) is 0 Å². The van der Waals surface area contributed by atoms with Crippen molar-refractivity contribution in [2.45, 2.75) is 13.3 Å². The highest BCUT2D eigenvalue weighted by Gasteiger charge is 2.16. The minimum atomic E-state index is -0.803. The highest BCUT2D eigenvalue weighted by atomic mass is 16.5. The predicted molar refractivity (Wildman–Crippen MR) is 112 cm³/mol. The zero-order chi connectivity index (χ0) is 21.5. The standard InChI is InChI=1S/C23H21NO6/c1-2-11-29-22(27)15-7-9-18(10-8-15)24-21(26)14-30-23(28)19-12-16-5-3-4-6-17(16)13-20(19)25/h3-10,12-13,25H,2,11,14H2,1H3,(H,24,26). The number of nitrogens with one attached hydrogen (secondary N) is 1. The van der Waals surface area contributed by atoms with Gasteiger partial charge < -0.3 is 19.9 Å². The fourth-order valence-electron chi connectivity index (χ4n) is 2.77. The Morgan fingerprint density at radius 1 is 0.900 bits per heavy atom. The van der Waals surface area contributed by atoms with Gasteiger partial charge in [-0.15, -0.1) is 0 Å².